The number of amides is 1. The summed E-state index contributed by atoms with van der Waals surface area (Å²) in [5.41, 5.74) is 3.39. The van der Waals surface area contributed by atoms with Crippen molar-refractivity contribution in [1.29, 1.82) is 0 Å². The number of benzene rings is 2. The van der Waals surface area contributed by atoms with Gasteiger partial charge >= 0.3 is 6.01 Å². The van der Waals surface area contributed by atoms with Crippen molar-refractivity contribution in [3.63, 3.8) is 0 Å². The Morgan fingerprint density at radius 2 is 1.89 bits per heavy atom. The third-order valence-corrected chi connectivity index (χ3v) is 4.22. The van der Waals surface area contributed by atoms with Gasteiger partial charge in [-0.1, -0.05) is 47.5 Å². The molecule has 140 valence electrons. The first-order valence-corrected chi connectivity index (χ1v) is 9.22. The molecule has 1 aromatic heterocycles. The van der Waals surface area contributed by atoms with Crippen LogP contribution in [0, 0.1) is 6.92 Å². The smallest absolute Gasteiger partial charge is 0.336 e. The van der Waals surface area contributed by atoms with E-state index >= 15 is 0 Å². The number of hydrogen-bond donors (Lipinski definition) is 1. The zero-order valence-electron chi connectivity index (χ0n) is 14.8. The average molecular weight is 405 g/mol. The molecule has 0 aliphatic rings. The van der Waals surface area contributed by atoms with Crippen molar-refractivity contribution in [2.45, 2.75) is 18.7 Å². The van der Waals surface area contributed by atoms with E-state index in [0.29, 0.717) is 24.1 Å². The van der Waals surface area contributed by atoms with Gasteiger partial charge in [-0.3, -0.25) is 4.79 Å². The quantitative estimate of drug-likeness (QED) is 0.618. The van der Waals surface area contributed by atoms with Crippen molar-refractivity contribution in [3.8, 4) is 23.1 Å². The maximum atomic E-state index is 11.6. The molecule has 1 amide bonds. The molecule has 0 aliphatic carbocycles. The lowest BCUT2D eigenvalue weighted by Crippen LogP contribution is -2.18. The van der Waals surface area contributed by atoms with E-state index < -0.39 is 10.7 Å². The molecule has 0 radical (unpaired) electrons. The van der Waals surface area contributed by atoms with Crippen LogP contribution in [0.1, 0.15) is 12.5 Å². The Morgan fingerprint density at radius 3 is 2.52 bits per heavy atom. The van der Waals surface area contributed by atoms with Crippen molar-refractivity contribution in [1.82, 2.24) is 14.8 Å². The van der Waals surface area contributed by atoms with E-state index in [1.54, 1.807) is 16.8 Å². The fourth-order valence-electron chi connectivity index (χ4n) is 2.54. The Bertz CT molecular complexity index is 939. The maximum Gasteiger partial charge on any atom is 0.336 e. The van der Waals surface area contributed by atoms with Gasteiger partial charge in [0.25, 0.3) is 5.91 Å². The van der Waals surface area contributed by atoms with Gasteiger partial charge in [0.05, 0.1) is 12.3 Å². The molecule has 3 rings (SSSR count). The zero-order valence-corrected chi connectivity index (χ0v) is 16.3. The Hall–Kier alpha value is -2.57. The van der Waals surface area contributed by atoms with Crippen LogP contribution in [-0.2, 0) is 4.79 Å². The van der Waals surface area contributed by atoms with Crippen LogP contribution in [0.15, 0.2) is 48.5 Å². The lowest BCUT2D eigenvalue weighted by Gasteiger charge is -2.09. The minimum Gasteiger partial charge on any atom is -0.463 e. The van der Waals surface area contributed by atoms with Gasteiger partial charge in [0.1, 0.15) is 0 Å². The van der Waals surface area contributed by atoms with Crippen LogP contribution in [0.3, 0.4) is 0 Å². The zero-order chi connectivity index (χ0) is 19.4. The number of hydrogen-bond acceptors (Lipinski definition) is 4. The molecule has 0 saturated heterocycles. The van der Waals surface area contributed by atoms with Gasteiger partial charge in [-0.25, -0.2) is 4.68 Å². The number of alkyl halides is 2. The highest BCUT2D eigenvalue weighted by molar-refractivity contribution is 6.54. The molecule has 1 heterocycles. The number of nitrogens with one attached hydrogen (secondary N) is 1. The summed E-state index contributed by atoms with van der Waals surface area (Å²) in [6, 6.07) is 15.4. The van der Waals surface area contributed by atoms with Crippen LogP contribution in [0.4, 0.5) is 5.69 Å². The number of carbonyl (C=O) groups excluding carboxylic acids is 1. The lowest BCUT2D eigenvalue weighted by atomic mass is 10.1. The number of carbonyl (C=O) groups is 1. The van der Waals surface area contributed by atoms with Crippen LogP contribution in [0.5, 0.6) is 6.01 Å². The van der Waals surface area contributed by atoms with Gasteiger partial charge in [0.15, 0.2) is 10.7 Å². The number of aromatic nitrogens is 3. The number of nitrogens with zero attached hydrogens (tertiary/aromatic N) is 3. The van der Waals surface area contributed by atoms with E-state index in [1.807, 2.05) is 50.2 Å². The minimum atomic E-state index is -1.12. The van der Waals surface area contributed by atoms with Crippen molar-refractivity contribution in [3.05, 3.63) is 54.1 Å². The molecule has 6 nitrogen and oxygen atoms in total. The second kappa shape index (κ2) is 8.41. The van der Waals surface area contributed by atoms with E-state index in [9.17, 15) is 4.79 Å². The number of rotatable bonds is 6. The molecule has 0 atom stereocenters. The van der Waals surface area contributed by atoms with Gasteiger partial charge in [-0.2, -0.15) is 4.98 Å². The van der Waals surface area contributed by atoms with E-state index in [0.717, 1.165) is 16.8 Å². The second-order valence-electron chi connectivity index (χ2n) is 5.71. The number of aryl methyl sites for hydroxylation is 1. The maximum absolute atomic E-state index is 11.6. The molecule has 0 unspecified atom stereocenters. The van der Waals surface area contributed by atoms with E-state index in [1.165, 1.54) is 0 Å². The predicted molar refractivity (Wildman–Crippen MR) is 107 cm³/mol. The highest BCUT2D eigenvalue weighted by Gasteiger charge is 2.16. The topological polar surface area (TPSA) is 69.0 Å². The Kier molecular flexibility index (Phi) is 5.98. The largest absolute Gasteiger partial charge is 0.463 e. The van der Waals surface area contributed by atoms with Gasteiger partial charge in [-0.15, -0.1) is 5.10 Å². The second-order valence-corrected chi connectivity index (χ2v) is 6.81. The summed E-state index contributed by atoms with van der Waals surface area (Å²) in [5, 5.41) is 7.09. The standard InChI is InChI=1S/C19H18Cl2N4O2/c1-3-27-19-23-17(15-7-5-4-6-12(15)2)25(24-19)14-10-8-13(9-11-14)22-18(26)16(20)21/h4-11,16H,3H2,1-2H3,(H,22,26). The molecule has 0 spiro atoms. The van der Waals surface area contributed by atoms with Gasteiger partial charge in [0, 0.05) is 11.3 Å². The lowest BCUT2D eigenvalue weighted by molar-refractivity contribution is -0.114. The van der Waals surface area contributed by atoms with Crippen LogP contribution >= 0.6 is 23.2 Å². The Balaban J connectivity index is 1.98. The summed E-state index contributed by atoms with van der Waals surface area (Å²) in [6.07, 6.45) is 0. The average Bonchev–Trinajstić information content (AvgIpc) is 3.06. The van der Waals surface area contributed by atoms with Crippen molar-refractivity contribution in [2.24, 2.45) is 0 Å². The number of ether oxygens (including phenoxy) is 1. The summed E-state index contributed by atoms with van der Waals surface area (Å²) >= 11 is 11.1. The van der Waals surface area contributed by atoms with E-state index in [4.69, 9.17) is 27.9 Å². The molecule has 2 aromatic carbocycles. The Labute approximate surface area is 167 Å². The first kappa shape index (κ1) is 19.2. The first-order chi connectivity index (χ1) is 13.0. The summed E-state index contributed by atoms with van der Waals surface area (Å²) < 4.78 is 7.20. The van der Waals surface area contributed by atoms with Gasteiger partial charge < -0.3 is 10.1 Å². The monoisotopic (exact) mass is 404 g/mol. The number of halogens is 2. The number of anilines is 1. The minimum absolute atomic E-state index is 0.306. The van der Waals surface area contributed by atoms with Crippen molar-refractivity contribution >= 4 is 34.8 Å². The normalized spacial score (nSPS) is 10.9. The highest BCUT2D eigenvalue weighted by atomic mass is 35.5. The fourth-order valence-corrected chi connectivity index (χ4v) is 2.65. The predicted octanol–water partition coefficient (Wildman–Crippen LogP) is 4.38. The fraction of sp³-hybridized carbons (Fsp3) is 0.211. The molecule has 1 N–H and O–H groups in total. The van der Waals surface area contributed by atoms with E-state index in [-0.39, 0.29) is 0 Å². The van der Waals surface area contributed by atoms with Crippen LogP contribution in [-0.4, -0.2) is 32.1 Å². The molecule has 0 bridgehead atoms. The summed E-state index contributed by atoms with van der Waals surface area (Å²) in [7, 11) is 0. The molecule has 27 heavy (non-hydrogen) atoms. The molecule has 3 aromatic rings. The first-order valence-electron chi connectivity index (χ1n) is 8.35. The molecular formula is C19H18Cl2N4O2. The van der Waals surface area contributed by atoms with Crippen molar-refractivity contribution < 1.29 is 9.53 Å². The van der Waals surface area contributed by atoms with E-state index in [2.05, 4.69) is 15.4 Å². The summed E-state index contributed by atoms with van der Waals surface area (Å²) in [5.74, 6) is 0.195. The van der Waals surface area contributed by atoms with Gasteiger partial charge in [-0.05, 0) is 43.7 Å². The summed E-state index contributed by atoms with van der Waals surface area (Å²) in [6.45, 7) is 4.37. The summed E-state index contributed by atoms with van der Waals surface area (Å²) in [4.78, 5) is 15.0. The highest BCUT2D eigenvalue weighted by Crippen LogP contribution is 2.26. The molecule has 0 saturated carbocycles. The van der Waals surface area contributed by atoms with Crippen LogP contribution in [0.2, 0.25) is 0 Å². The van der Waals surface area contributed by atoms with Crippen LogP contribution in [0.25, 0.3) is 17.1 Å². The van der Waals surface area contributed by atoms with Crippen LogP contribution < -0.4 is 10.1 Å². The molecule has 0 fully saturated rings. The third kappa shape index (κ3) is 4.40. The van der Waals surface area contributed by atoms with Gasteiger partial charge in [0.2, 0.25) is 0 Å². The molecule has 0 aliphatic heterocycles. The Morgan fingerprint density at radius 1 is 1.19 bits per heavy atom. The third-order valence-electron chi connectivity index (χ3n) is 3.82. The molecular weight excluding hydrogens is 387 g/mol. The molecule has 8 heteroatoms. The van der Waals surface area contributed by atoms with Crippen molar-refractivity contribution in [2.75, 3.05) is 11.9 Å². The SMILES string of the molecule is CCOc1nc(-c2ccccc2C)n(-c2ccc(NC(=O)C(Cl)Cl)cc2)n1.